The second-order valence-electron chi connectivity index (χ2n) is 3.69. The Balaban J connectivity index is 2.83. The maximum absolute atomic E-state index is 13.6. The molecule has 0 aliphatic carbocycles. The van der Waals surface area contributed by atoms with E-state index >= 15 is 0 Å². The van der Waals surface area contributed by atoms with Crippen LogP contribution in [-0.2, 0) is 14.3 Å². The Hall–Kier alpha value is -1.43. The van der Waals surface area contributed by atoms with Crippen LogP contribution < -0.4 is 4.74 Å². The SMILES string of the molecule is CCOC(=O)C(CC)C(=O)Oc1cccc(Br)c1F. The number of carbonyl (C=O) groups excluding carboxylic acids is 2. The summed E-state index contributed by atoms with van der Waals surface area (Å²) >= 11 is 2.99. The first kappa shape index (κ1) is 15.6. The second-order valence-corrected chi connectivity index (χ2v) is 4.54. The quantitative estimate of drug-likeness (QED) is 0.472. The van der Waals surface area contributed by atoms with Crippen molar-refractivity contribution in [1.82, 2.24) is 0 Å². The average Bonchev–Trinajstić information content (AvgIpc) is 2.36. The van der Waals surface area contributed by atoms with E-state index in [9.17, 15) is 14.0 Å². The lowest BCUT2D eigenvalue weighted by molar-refractivity contribution is -0.157. The van der Waals surface area contributed by atoms with E-state index in [4.69, 9.17) is 9.47 Å². The fourth-order valence-corrected chi connectivity index (χ4v) is 1.76. The van der Waals surface area contributed by atoms with Crippen molar-refractivity contribution >= 4 is 27.9 Å². The van der Waals surface area contributed by atoms with Crippen LogP contribution in [0, 0.1) is 11.7 Å². The normalized spacial score (nSPS) is 11.8. The van der Waals surface area contributed by atoms with Gasteiger partial charge in [-0.1, -0.05) is 13.0 Å². The summed E-state index contributed by atoms with van der Waals surface area (Å²) in [5, 5.41) is 0. The van der Waals surface area contributed by atoms with Crippen molar-refractivity contribution in [2.45, 2.75) is 20.3 Å². The van der Waals surface area contributed by atoms with Gasteiger partial charge in [-0.25, -0.2) is 4.39 Å². The maximum Gasteiger partial charge on any atom is 0.325 e. The molecule has 0 saturated heterocycles. The molecular weight excluding hydrogens is 319 g/mol. The van der Waals surface area contributed by atoms with Crippen LogP contribution in [0.2, 0.25) is 0 Å². The first-order chi connectivity index (χ1) is 9.01. The molecule has 1 aromatic carbocycles. The molecule has 1 atom stereocenters. The zero-order valence-corrected chi connectivity index (χ0v) is 12.2. The first-order valence-corrected chi connectivity index (χ1v) is 6.62. The third-order valence-corrected chi connectivity index (χ3v) is 3.00. The molecule has 6 heteroatoms. The largest absolute Gasteiger partial charge is 0.465 e. The van der Waals surface area contributed by atoms with E-state index in [1.807, 2.05) is 0 Å². The predicted molar refractivity (Wildman–Crippen MR) is 70.1 cm³/mol. The Bertz CT molecular complexity index is 476. The summed E-state index contributed by atoms with van der Waals surface area (Å²) in [4.78, 5) is 23.4. The van der Waals surface area contributed by atoms with Gasteiger partial charge in [0, 0.05) is 0 Å². The van der Waals surface area contributed by atoms with Crippen LogP contribution in [0.5, 0.6) is 5.75 Å². The predicted octanol–water partition coefficient (Wildman–Crippen LogP) is 3.08. The van der Waals surface area contributed by atoms with Crippen LogP contribution in [0.25, 0.3) is 0 Å². The van der Waals surface area contributed by atoms with Gasteiger partial charge in [-0.2, -0.15) is 0 Å². The van der Waals surface area contributed by atoms with Crippen LogP contribution in [-0.4, -0.2) is 18.5 Å². The Morgan fingerprint density at radius 3 is 2.58 bits per heavy atom. The number of benzene rings is 1. The number of ether oxygens (including phenoxy) is 2. The summed E-state index contributed by atoms with van der Waals surface area (Å²) in [6.45, 7) is 3.47. The van der Waals surface area contributed by atoms with E-state index < -0.39 is 23.7 Å². The van der Waals surface area contributed by atoms with Gasteiger partial charge in [-0.15, -0.1) is 0 Å². The monoisotopic (exact) mass is 332 g/mol. The summed E-state index contributed by atoms with van der Waals surface area (Å²) in [6, 6.07) is 4.33. The molecule has 0 heterocycles. The van der Waals surface area contributed by atoms with Gasteiger partial charge in [0.15, 0.2) is 17.5 Å². The molecule has 0 aliphatic rings. The van der Waals surface area contributed by atoms with Gasteiger partial charge >= 0.3 is 11.9 Å². The van der Waals surface area contributed by atoms with Crippen molar-refractivity contribution in [2.24, 2.45) is 5.92 Å². The Labute approximate surface area is 119 Å². The number of esters is 2. The number of carbonyl (C=O) groups is 2. The number of halogens is 2. The van der Waals surface area contributed by atoms with Crippen molar-refractivity contribution in [1.29, 1.82) is 0 Å². The standard InChI is InChI=1S/C13H14BrFO4/c1-3-8(12(16)18-4-2)13(17)19-10-7-5-6-9(14)11(10)15/h5-8H,3-4H2,1-2H3. The molecule has 0 radical (unpaired) electrons. The molecule has 0 aromatic heterocycles. The van der Waals surface area contributed by atoms with E-state index in [2.05, 4.69) is 15.9 Å². The van der Waals surface area contributed by atoms with Gasteiger partial charge in [-0.3, -0.25) is 9.59 Å². The molecule has 0 aliphatic heterocycles. The van der Waals surface area contributed by atoms with Gasteiger partial charge in [0.05, 0.1) is 11.1 Å². The Morgan fingerprint density at radius 2 is 2.00 bits per heavy atom. The van der Waals surface area contributed by atoms with E-state index in [1.165, 1.54) is 18.2 Å². The van der Waals surface area contributed by atoms with Crippen LogP contribution in [0.3, 0.4) is 0 Å². The van der Waals surface area contributed by atoms with Gasteiger partial charge in [0.1, 0.15) is 0 Å². The van der Waals surface area contributed by atoms with Crippen LogP contribution in [0.15, 0.2) is 22.7 Å². The van der Waals surface area contributed by atoms with E-state index in [0.29, 0.717) is 0 Å². The summed E-state index contributed by atoms with van der Waals surface area (Å²) in [7, 11) is 0. The highest BCUT2D eigenvalue weighted by molar-refractivity contribution is 9.10. The van der Waals surface area contributed by atoms with Crippen LogP contribution in [0.1, 0.15) is 20.3 Å². The zero-order chi connectivity index (χ0) is 14.4. The zero-order valence-electron chi connectivity index (χ0n) is 10.6. The van der Waals surface area contributed by atoms with Crippen molar-refractivity contribution in [3.8, 4) is 5.75 Å². The minimum absolute atomic E-state index is 0.174. The third kappa shape index (κ3) is 4.02. The van der Waals surface area contributed by atoms with Gasteiger partial charge < -0.3 is 9.47 Å². The smallest absolute Gasteiger partial charge is 0.325 e. The van der Waals surface area contributed by atoms with Crippen LogP contribution >= 0.6 is 15.9 Å². The molecule has 0 fully saturated rings. The topological polar surface area (TPSA) is 52.6 Å². The van der Waals surface area contributed by atoms with E-state index in [0.717, 1.165) is 0 Å². The molecular formula is C13H14BrFO4. The molecule has 19 heavy (non-hydrogen) atoms. The van der Waals surface area contributed by atoms with E-state index in [1.54, 1.807) is 13.8 Å². The number of rotatable bonds is 5. The minimum Gasteiger partial charge on any atom is -0.465 e. The number of hydrogen-bond acceptors (Lipinski definition) is 4. The molecule has 0 spiro atoms. The van der Waals surface area contributed by atoms with Crippen molar-refractivity contribution < 1.29 is 23.5 Å². The van der Waals surface area contributed by atoms with Gasteiger partial charge in [0.25, 0.3) is 0 Å². The highest BCUT2D eigenvalue weighted by atomic mass is 79.9. The summed E-state index contributed by atoms with van der Waals surface area (Å²) in [6.07, 6.45) is 0.229. The molecule has 104 valence electrons. The lowest BCUT2D eigenvalue weighted by atomic mass is 10.1. The number of hydrogen-bond donors (Lipinski definition) is 0. The lowest BCUT2D eigenvalue weighted by Gasteiger charge is -2.13. The van der Waals surface area contributed by atoms with Crippen LogP contribution in [0.4, 0.5) is 4.39 Å². The van der Waals surface area contributed by atoms with Crippen molar-refractivity contribution in [3.05, 3.63) is 28.5 Å². The molecule has 0 N–H and O–H groups in total. The highest BCUT2D eigenvalue weighted by Gasteiger charge is 2.29. The third-order valence-electron chi connectivity index (χ3n) is 2.39. The van der Waals surface area contributed by atoms with E-state index in [-0.39, 0.29) is 23.2 Å². The maximum atomic E-state index is 13.6. The second kappa shape index (κ2) is 7.23. The summed E-state index contributed by atoms with van der Waals surface area (Å²) < 4.78 is 23.5. The molecule has 0 saturated carbocycles. The fourth-order valence-electron chi connectivity index (χ4n) is 1.41. The molecule has 0 amide bonds. The summed E-state index contributed by atoms with van der Waals surface area (Å²) in [5.41, 5.74) is 0. The molecule has 1 aromatic rings. The van der Waals surface area contributed by atoms with Crippen molar-refractivity contribution in [2.75, 3.05) is 6.61 Å². The lowest BCUT2D eigenvalue weighted by Crippen LogP contribution is -2.29. The Kier molecular flexibility index (Phi) is 5.95. The minimum atomic E-state index is -1.04. The average molecular weight is 333 g/mol. The first-order valence-electron chi connectivity index (χ1n) is 5.83. The molecule has 1 rings (SSSR count). The molecule has 1 unspecified atom stereocenters. The molecule has 0 bridgehead atoms. The summed E-state index contributed by atoms with van der Waals surface area (Å²) in [5.74, 6) is -3.43. The Morgan fingerprint density at radius 1 is 1.32 bits per heavy atom. The van der Waals surface area contributed by atoms with Crippen molar-refractivity contribution in [3.63, 3.8) is 0 Å². The van der Waals surface area contributed by atoms with Gasteiger partial charge in [0.2, 0.25) is 0 Å². The van der Waals surface area contributed by atoms with Gasteiger partial charge in [-0.05, 0) is 41.4 Å². The molecule has 4 nitrogen and oxygen atoms in total. The highest BCUT2D eigenvalue weighted by Crippen LogP contribution is 2.25. The fraction of sp³-hybridized carbons (Fsp3) is 0.385.